The average Bonchev–Trinajstić information content (AvgIpc) is 3.17. The summed E-state index contributed by atoms with van der Waals surface area (Å²) < 4.78 is 57.1. The highest BCUT2D eigenvalue weighted by molar-refractivity contribution is 5.69. The SMILES string of the molecule is CC(C)(C)OC(=O)N1CC(c2ccc(OC[C@H]3OC[C@H](Nc4cncc(C(C)(F)F)n4)[C@H]4OC(C)(C)O[C@H]43)nn2)C1. The zero-order valence-electron chi connectivity index (χ0n) is 24.0. The Labute approximate surface area is 237 Å². The third-order valence-corrected chi connectivity index (χ3v) is 6.84. The van der Waals surface area contributed by atoms with Crippen molar-refractivity contribution in [1.29, 1.82) is 0 Å². The zero-order chi connectivity index (χ0) is 29.6. The van der Waals surface area contributed by atoms with Crippen LogP contribution in [0.4, 0.5) is 19.4 Å². The smallest absolute Gasteiger partial charge is 0.410 e. The van der Waals surface area contributed by atoms with E-state index in [0.29, 0.717) is 19.0 Å². The predicted molar refractivity (Wildman–Crippen MR) is 141 cm³/mol. The maximum absolute atomic E-state index is 13.7. The number of rotatable bonds is 7. The van der Waals surface area contributed by atoms with Gasteiger partial charge in [-0.2, -0.15) is 13.9 Å². The molecule has 3 fully saturated rings. The standard InChI is InChI=1S/C27H36F2N6O6/c1-25(2,3)41-24(36)35-11-15(12-35)16-7-8-21(34-33-16)38-14-18-23-22(39-26(4,5)40-23)17(13-37-18)31-20-10-30-9-19(32-20)27(6,28)29/h7-10,15,17-18,22-23H,11-14H2,1-6H3,(H,31,32)/t17-,18+,22+,23-/m0/s1. The van der Waals surface area contributed by atoms with Gasteiger partial charge in [0.2, 0.25) is 5.88 Å². The third kappa shape index (κ3) is 6.99. The van der Waals surface area contributed by atoms with Gasteiger partial charge in [-0.05, 0) is 40.7 Å². The first-order valence-corrected chi connectivity index (χ1v) is 13.6. The monoisotopic (exact) mass is 578 g/mol. The normalized spacial score (nSPS) is 26.2. The van der Waals surface area contributed by atoms with E-state index in [9.17, 15) is 13.6 Å². The van der Waals surface area contributed by atoms with Gasteiger partial charge in [-0.15, -0.1) is 5.10 Å². The third-order valence-electron chi connectivity index (χ3n) is 6.84. The van der Waals surface area contributed by atoms with Crippen LogP contribution in [0.15, 0.2) is 24.5 Å². The van der Waals surface area contributed by atoms with E-state index in [1.807, 2.05) is 26.8 Å². The molecule has 4 atom stereocenters. The summed E-state index contributed by atoms with van der Waals surface area (Å²) in [7, 11) is 0. The summed E-state index contributed by atoms with van der Waals surface area (Å²) in [6.07, 6.45) is 0.641. The minimum absolute atomic E-state index is 0.0798. The van der Waals surface area contributed by atoms with E-state index in [-0.39, 0.29) is 31.0 Å². The molecule has 5 rings (SSSR count). The number of alkyl halides is 2. The topological polar surface area (TPSA) is 130 Å². The Morgan fingerprint density at radius 3 is 2.51 bits per heavy atom. The van der Waals surface area contributed by atoms with Crippen molar-refractivity contribution >= 4 is 11.9 Å². The van der Waals surface area contributed by atoms with Crippen LogP contribution in [-0.2, 0) is 24.9 Å². The molecule has 3 saturated heterocycles. The van der Waals surface area contributed by atoms with Gasteiger partial charge in [-0.3, -0.25) is 4.98 Å². The molecule has 12 nitrogen and oxygen atoms in total. The molecule has 0 radical (unpaired) electrons. The second kappa shape index (κ2) is 10.9. The van der Waals surface area contributed by atoms with Gasteiger partial charge in [-0.25, -0.2) is 9.78 Å². The lowest BCUT2D eigenvalue weighted by Crippen LogP contribution is -2.56. The fourth-order valence-electron chi connectivity index (χ4n) is 4.87. The minimum atomic E-state index is -3.12. The molecule has 3 aliphatic heterocycles. The lowest BCUT2D eigenvalue weighted by molar-refractivity contribution is -0.156. The fraction of sp³-hybridized carbons (Fsp3) is 0.667. The molecule has 2 aromatic rings. The molecule has 3 aliphatic rings. The van der Waals surface area contributed by atoms with Crippen molar-refractivity contribution in [2.75, 3.05) is 31.6 Å². The van der Waals surface area contributed by atoms with Crippen LogP contribution in [0.2, 0.25) is 0 Å². The van der Waals surface area contributed by atoms with Crippen LogP contribution in [-0.4, -0.2) is 93.2 Å². The molecule has 1 amide bonds. The van der Waals surface area contributed by atoms with E-state index in [1.54, 1.807) is 24.8 Å². The first-order valence-electron chi connectivity index (χ1n) is 13.6. The molecule has 0 aliphatic carbocycles. The summed E-state index contributed by atoms with van der Waals surface area (Å²) in [5.74, 6) is -3.41. The maximum Gasteiger partial charge on any atom is 0.410 e. The van der Waals surface area contributed by atoms with Crippen molar-refractivity contribution < 1.29 is 37.3 Å². The number of nitrogens with zero attached hydrogens (tertiary/aromatic N) is 5. The molecule has 2 aromatic heterocycles. The van der Waals surface area contributed by atoms with Gasteiger partial charge in [0.05, 0.1) is 30.7 Å². The first kappa shape index (κ1) is 29.3. The molecule has 0 bridgehead atoms. The summed E-state index contributed by atoms with van der Waals surface area (Å²) in [5.41, 5.74) is -0.208. The van der Waals surface area contributed by atoms with Gasteiger partial charge >= 0.3 is 6.09 Å². The molecule has 0 aromatic carbocycles. The summed E-state index contributed by atoms with van der Waals surface area (Å²) >= 11 is 0. The Hall–Kier alpha value is -3.23. The Morgan fingerprint density at radius 1 is 1.12 bits per heavy atom. The number of aromatic nitrogens is 4. The van der Waals surface area contributed by atoms with Gasteiger partial charge in [-0.1, -0.05) is 0 Å². The zero-order valence-corrected chi connectivity index (χ0v) is 24.0. The Kier molecular flexibility index (Phi) is 7.76. The molecular formula is C27H36F2N6O6. The highest BCUT2D eigenvalue weighted by Gasteiger charge is 2.52. The number of ether oxygens (including phenoxy) is 5. The lowest BCUT2D eigenvalue weighted by atomic mass is 9.97. The second-order valence-corrected chi connectivity index (χ2v) is 12.1. The van der Waals surface area contributed by atoms with Gasteiger partial charge in [0, 0.05) is 32.0 Å². The number of likely N-dealkylation sites (tertiary alicyclic amines) is 1. The summed E-state index contributed by atoms with van der Waals surface area (Å²) in [6, 6.07) is 3.14. The van der Waals surface area contributed by atoms with Crippen molar-refractivity contribution in [3.63, 3.8) is 0 Å². The predicted octanol–water partition coefficient (Wildman–Crippen LogP) is 3.49. The van der Waals surface area contributed by atoms with E-state index in [2.05, 4.69) is 25.5 Å². The van der Waals surface area contributed by atoms with Gasteiger partial charge in [0.15, 0.2) is 5.79 Å². The molecule has 0 unspecified atom stereocenters. The summed E-state index contributed by atoms with van der Waals surface area (Å²) in [5, 5.41) is 11.6. The number of nitrogens with one attached hydrogen (secondary N) is 1. The van der Waals surface area contributed by atoms with Crippen molar-refractivity contribution in [2.45, 2.75) is 89.1 Å². The molecule has 5 heterocycles. The van der Waals surface area contributed by atoms with Crippen LogP contribution in [0, 0.1) is 0 Å². The summed E-state index contributed by atoms with van der Waals surface area (Å²) in [6.45, 7) is 11.2. The van der Waals surface area contributed by atoms with Crippen molar-refractivity contribution in [3.8, 4) is 5.88 Å². The number of anilines is 1. The van der Waals surface area contributed by atoms with E-state index in [0.717, 1.165) is 18.8 Å². The number of amides is 1. The number of carbonyl (C=O) groups excluding carboxylic acids is 1. The molecule has 224 valence electrons. The number of carbonyl (C=O) groups is 1. The Bertz CT molecular complexity index is 1230. The van der Waals surface area contributed by atoms with Gasteiger partial charge in [0.25, 0.3) is 5.92 Å². The molecule has 1 N–H and O–H groups in total. The van der Waals surface area contributed by atoms with Crippen LogP contribution in [0.3, 0.4) is 0 Å². The molecule has 0 spiro atoms. The molecular weight excluding hydrogens is 542 g/mol. The number of halogens is 2. The van der Waals surface area contributed by atoms with Gasteiger partial charge in [0.1, 0.15) is 42.0 Å². The van der Waals surface area contributed by atoms with Crippen molar-refractivity contribution in [2.24, 2.45) is 0 Å². The second-order valence-electron chi connectivity index (χ2n) is 12.1. The van der Waals surface area contributed by atoms with Crippen molar-refractivity contribution in [3.05, 3.63) is 35.9 Å². The van der Waals surface area contributed by atoms with Crippen LogP contribution >= 0.6 is 0 Å². The van der Waals surface area contributed by atoms with E-state index in [1.165, 1.54) is 6.20 Å². The average molecular weight is 579 g/mol. The van der Waals surface area contributed by atoms with E-state index >= 15 is 0 Å². The highest BCUT2D eigenvalue weighted by Crippen LogP contribution is 2.37. The van der Waals surface area contributed by atoms with Gasteiger partial charge < -0.3 is 33.9 Å². The quantitative estimate of drug-likeness (QED) is 0.518. The Morgan fingerprint density at radius 2 is 1.85 bits per heavy atom. The van der Waals surface area contributed by atoms with Crippen LogP contribution < -0.4 is 10.1 Å². The maximum atomic E-state index is 13.7. The largest absolute Gasteiger partial charge is 0.474 e. The lowest BCUT2D eigenvalue weighted by Gasteiger charge is -2.39. The van der Waals surface area contributed by atoms with Crippen molar-refractivity contribution in [1.82, 2.24) is 25.1 Å². The first-order chi connectivity index (χ1) is 19.2. The molecule has 41 heavy (non-hydrogen) atoms. The summed E-state index contributed by atoms with van der Waals surface area (Å²) in [4.78, 5) is 21.7. The highest BCUT2D eigenvalue weighted by atomic mass is 19.3. The molecule has 14 heteroatoms. The molecule has 0 saturated carbocycles. The van der Waals surface area contributed by atoms with Crippen LogP contribution in [0.25, 0.3) is 0 Å². The number of fused-ring (bicyclic) bond motifs is 1. The number of hydrogen-bond acceptors (Lipinski definition) is 11. The minimum Gasteiger partial charge on any atom is -0.474 e. The van der Waals surface area contributed by atoms with Crippen LogP contribution in [0.1, 0.15) is 58.8 Å². The van der Waals surface area contributed by atoms with Crippen LogP contribution in [0.5, 0.6) is 5.88 Å². The Balaban J connectivity index is 1.16. The fourth-order valence-corrected chi connectivity index (χ4v) is 4.87. The number of hydrogen-bond donors (Lipinski definition) is 1. The van der Waals surface area contributed by atoms with E-state index in [4.69, 9.17) is 23.7 Å². The van der Waals surface area contributed by atoms with E-state index < -0.39 is 47.4 Å².